The molecule has 0 radical (unpaired) electrons. The molecule has 18 heavy (non-hydrogen) atoms. The maximum Gasteiger partial charge on any atom is -0.00763 e. The molecule has 1 aliphatic rings. The monoisotopic (exact) mass is 234 g/mol. The zero-order valence-electron chi connectivity index (χ0n) is 10.8. The maximum absolute atomic E-state index is 3.56. The van der Waals surface area contributed by atoms with E-state index in [1.165, 1.54) is 21.9 Å². The van der Waals surface area contributed by atoms with Gasteiger partial charge in [0, 0.05) is 0 Å². The van der Waals surface area contributed by atoms with Crippen LogP contribution < -0.4 is 0 Å². The van der Waals surface area contributed by atoms with E-state index in [1.54, 1.807) is 6.08 Å². The fourth-order valence-electron chi connectivity index (χ4n) is 2.07. The zero-order chi connectivity index (χ0) is 13.0. The SMILES string of the molecule is C1=Cc2cccc3cccc(c23)C1.C=CC(=C)C. The number of benzene rings is 2. The summed E-state index contributed by atoms with van der Waals surface area (Å²) in [7, 11) is 0. The molecule has 3 rings (SSSR count). The van der Waals surface area contributed by atoms with Crippen molar-refractivity contribution in [2.24, 2.45) is 0 Å². The van der Waals surface area contributed by atoms with Crippen LogP contribution in [0.5, 0.6) is 0 Å². The lowest BCUT2D eigenvalue weighted by molar-refractivity contribution is 1.29. The van der Waals surface area contributed by atoms with Gasteiger partial charge in [-0.1, -0.05) is 73.4 Å². The summed E-state index contributed by atoms with van der Waals surface area (Å²) in [5.41, 5.74) is 3.83. The lowest BCUT2D eigenvalue weighted by atomic mass is 9.93. The largest absolute Gasteiger partial charge is 0.0988 e. The summed E-state index contributed by atoms with van der Waals surface area (Å²) in [5.74, 6) is 0. The summed E-state index contributed by atoms with van der Waals surface area (Å²) in [6, 6.07) is 13.0. The third-order valence-electron chi connectivity index (χ3n) is 3.01. The smallest absolute Gasteiger partial charge is 0.00763 e. The van der Waals surface area contributed by atoms with E-state index in [0.717, 1.165) is 12.0 Å². The second kappa shape index (κ2) is 5.50. The van der Waals surface area contributed by atoms with Gasteiger partial charge in [0.1, 0.15) is 0 Å². The molecule has 0 aliphatic heterocycles. The summed E-state index contributed by atoms with van der Waals surface area (Å²) in [6.45, 7) is 8.93. The van der Waals surface area contributed by atoms with Gasteiger partial charge in [0.15, 0.2) is 0 Å². The van der Waals surface area contributed by atoms with E-state index in [2.05, 4.69) is 61.7 Å². The van der Waals surface area contributed by atoms with Crippen molar-refractivity contribution in [2.45, 2.75) is 13.3 Å². The summed E-state index contributed by atoms with van der Waals surface area (Å²) < 4.78 is 0. The van der Waals surface area contributed by atoms with Gasteiger partial charge >= 0.3 is 0 Å². The first-order valence-electron chi connectivity index (χ1n) is 6.17. The third-order valence-corrected chi connectivity index (χ3v) is 3.01. The molecule has 0 saturated carbocycles. The predicted molar refractivity (Wildman–Crippen MR) is 81.7 cm³/mol. The Labute approximate surface area is 109 Å². The molecule has 0 atom stereocenters. The lowest BCUT2D eigenvalue weighted by Gasteiger charge is -2.11. The van der Waals surface area contributed by atoms with Gasteiger partial charge in [0.25, 0.3) is 0 Å². The highest BCUT2D eigenvalue weighted by Crippen LogP contribution is 2.27. The van der Waals surface area contributed by atoms with Crippen LogP contribution >= 0.6 is 0 Å². The van der Waals surface area contributed by atoms with Crippen molar-refractivity contribution < 1.29 is 0 Å². The van der Waals surface area contributed by atoms with Crippen molar-refractivity contribution in [3.63, 3.8) is 0 Å². The van der Waals surface area contributed by atoms with Crippen molar-refractivity contribution >= 4 is 16.8 Å². The minimum atomic E-state index is 1.02. The Hall–Kier alpha value is -2.08. The Morgan fingerprint density at radius 2 is 1.83 bits per heavy atom. The predicted octanol–water partition coefficient (Wildman–Crippen LogP) is 5.16. The number of hydrogen-bond acceptors (Lipinski definition) is 0. The van der Waals surface area contributed by atoms with Crippen LogP contribution in [-0.2, 0) is 6.42 Å². The van der Waals surface area contributed by atoms with Crippen LogP contribution in [0.1, 0.15) is 18.1 Å². The molecule has 90 valence electrons. The molecule has 1 aliphatic carbocycles. The van der Waals surface area contributed by atoms with Crippen molar-refractivity contribution in [2.75, 3.05) is 0 Å². The Bertz CT molecular complexity index is 610. The normalized spacial score (nSPS) is 11.6. The van der Waals surface area contributed by atoms with Crippen molar-refractivity contribution in [1.82, 2.24) is 0 Å². The molecule has 0 nitrogen and oxygen atoms in total. The van der Waals surface area contributed by atoms with E-state index >= 15 is 0 Å². The molecule has 2 aromatic rings. The second-order valence-electron chi connectivity index (χ2n) is 4.52. The minimum absolute atomic E-state index is 1.02. The summed E-state index contributed by atoms with van der Waals surface area (Å²) in [6.07, 6.45) is 7.25. The van der Waals surface area contributed by atoms with Gasteiger partial charge in [-0.2, -0.15) is 0 Å². The van der Waals surface area contributed by atoms with Crippen molar-refractivity contribution in [3.05, 3.63) is 78.4 Å². The lowest BCUT2D eigenvalue weighted by Crippen LogP contribution is -1.91. The Morgan fingerprint density at radius 1 is 1.17 bits per heavy atom. The molecule has 2 aromatic carbocycles. The fraction of sp³-hybridized carbons (Fsp3) is 0.111. The number of rotatable bonds is 1. The molecule has 0 saturated heterocycles. The average Bonchev–Trinajstić information content (AvgIpc) is 2.41. The molecule has 0 unspecified atom stereocenters. The molecular weight excluding hydrogens is 216 g/mol. The van der Waals surface area contributed by atoms with E-state index in [-0.39, 0.29) is 0 Å². The molecule has 0 heteroatoms. The van der Waals surface area contributed by atoms with Gasteiger partial charge in [0.05, 0.1) is 0 Å². The quantitative estimate of drug-likeness (QED) is 0.598. The van der Waals surface area contributed by atoms with Crippen LogP contribution in [0.2, 0.25) is 0 Å². The van der Waals surface area contributed by atoms with Crippen LogP contribution in [0.25, 0.3) is 16.8 Å². The maximum atomic E-state index is 3.56. The van der Waals surface area contributed by atoms with Gasteiger partial charge in [-0.05, 0) is 35.2 Å². The highest BCUT2D eigenvalue weighted by Gasteiger charge is 2.06. The minimum Gasteiger partial charge on any atom is -0.0988 e. The highest BCUT2D eigenvalue weighted by molar-refractivity contribution is 5.94. The molecule has 0 amide bonds. The third kappa shape index (κ3) is 2.60. The Kier molecular flexibility index (Phi) is 3.78. The van der Waals surface area contributed by atoms with Gasteiger partial charge in [-0.15, -0.1) is 0 Å². The van der Waals surface area contributed by atoms with Crippen LogP contribution in [0, 0.1) is 0 Å². The first kappa shape index (κ1) is 12.4. The molecule has 0 heterocycles. The van der Waals surface area contributed by atoms with Gasteiger partial charge < -0.3 is 0 Å². The topological polar surface area (TPSA) is 0 Å². The molecular formula is C18H18. The molecule has 0 spiro atoms. The Morgan fingerprint density at radius 3 is 2.50 bits per heavy atom. The van der Waals surface area contributed by atoms with E-state index < -0.39 is 0 Å². The van der Waals surface area contributed by atoms with Crippen LogP contribution in [0.4, 0.5) is 0 Å². The first-order valence-corrected chi connectivity index (χ1v) is 6.17. The van der Waals surface area contributed by atoms with Crippen LogP contribution in [-0.4, -0.2) is 0 Å². The summed E-state index contributed by atoms with van der Waals surface area (Å²) >= 11 is 0. The second-order valence-corrected chi connectivity index (χ2v) is 4.52. The molecule has 0 aromatic heterocycles. The van der Waals surface area contributed by atoms with E-state index in [0.29, 0.717) is 0 Å². The number of hydrogen-bond donors (Lipinski definition) is 0. The van der Waals surface area contributed by atoms with Crippen molar-refractivity contribution in [3.8, 4) is 0 Å². The number of allylic oxidation sites excluding steroid dienone is 3. The average molecular weight is 234 g/mol. The van der Waals surface area contributed by atoms with E-state index in [4.69, 9.17) is 0 Å². The fourth-order valence-corrected chi connectivity index (χ4v) is 2.07. The highest BCUT2D eigenvalue weighted by atomic mass is 14.1. The standard InChI is InChI=1S/C13H10.C5H8/c1-4-10-6-2-8-12-9-3-7-11(5-1)13(10)12;1-4-5(2)3/h1-8H,9H2;4H,1-2H2,3H3. The molecule has 0 fully saturated rings. The van der Waals surface area contributed by atoms with Crippen LogP contribution in [0.3, 0.4) is 0 Å². The van der Waals surface area contributed by atoms with Crippen LogP contribution in [0.15, 0.2) is 67.3 Å². The van der Waals surface area contributed by atoms with Gasteiger partial charge in [-0.25, -0.2) is 0 Å². The zero-order valence-corrected chi connectivity index (χ0v) is 10.8. The Balaban J connectivity index is 0.000000209. The van der Waals surface area contributed by atoms with Crippen molar-refractivity contribution in [1.29, 1.82) is 0 Å². The van der Waals surface area contributed by atoms with Gasteiger partial charge in [0.2, 0.25) is 0 Å². The van der Waals surface area contributed by atoms with E-state index in [1.807, 2.05) is 6.92 Å². The van der Waals surface area contributed by atoms with E-state index in [9.17, 15) is 0 Å². The summed E-state index contributed by atoms with van der Waals surface area (Å²) in [4.78, 5) is 0. The molecule has 0 N–H and O–H groups in total. The first-order chi connectivity index (χ1) is 8.72. The molecule has 0 bridgehead atoms. The van der Waals surface area contributed by atoms with Gasteiger partial charge in [-0.3, -0.25) is 0 Å². The summed E-state index contributed by atoms with van der Waals surface area (Å²) in [5, 5.41) is 2.80.